The number of unbranched alkanes of at least 4 members (excludes halogenated alkanes) is 3. The average molecular weight is 365 g/mol. The standard InChI is InChI=1S/C15H25O6PS/c1-11(2)15(20)22(21)9-12(14(18)19)7-5-3-4-6-8-23-10-13(16)17/h7,11,15,20H,3-6,8-10H2,1-2H3,(H-,16,17,18,19)/p+1/b12-7+. The van der Waals surface area contributed by atoms with E-state index in [0.29, 0.717) is 6.42 Å². The average Bonchev–Trinajstić information content (AvgIpc) is 2.46. The molecule has 8 heteroatoms. The highest BCUT2D eigenvalue weighted by Gasteiger charge is 2.33. The van der Waals surface area contributed by atoms with Crippen molar-refractivity contribution in [2.45, 2.75) is 45.4 Å². The van der Waals surface area contributed by atoms with Gasteiger partial charge >= 0.3 is 19.7 Å². The fourth-order valence-corrected chi connectivity index (χ4v) is 3.95. The minimum atomic E-state index is -1.99. The number of carbonyl (C=O) groups is 2. The molecule has 0 aromatic heterocycles. The summed E-state index contributed by atoms with van der Waals surface area (Å²) < 4.78 is 11.9. The minimum Gasteiger partial charge on any atom is -0.481 e. The van der Waals surface area contributed by atoms with Crippen molar-refractivity contribution in [3.05, 3.63) is 11.6 Å². The molecule has 0 aromatic carbocycles. The van der Waals surface area contributed by atoms with Crippen LogP contribution in [-0.2, 0) is 14.2 Å². The molecule has 0 aromatic rings. The van der Waals surface area contributed by atoms with Crippen LogP contribution < -0.4 is 0 Å². The van der Waals surface area contributed by atoms with Gasteiger partial charge in [-0.25, -0.2) is 4.79 Å². The van der Waals surface area contributed by atoms with Crippen LogP contribution in [0.1, 0.15) is 39.5 Å². The molecule has 0 amide bonds. The van der Waals surface area contributed by atoms with E-state index in [4.69, 9.17) is 10.2 Å². The lowest BCUT2D eigenvalue weighted by molar-refractivity contribution is -0.134. The van der Waals surface area contributed by atoms with E-state index < -0.39 is 25.6 Å². The normalized spacial score (nSPS) is 13.9. The Morgan fingerprint density at radius 3 is 2.35 bits per heavy atom. The highest BCUT2D eigenvalue weighted by atomic mass is 32.2. The first-order valence-electron chi connectivity index (χ1n) is 7.59. The summed E-state index contributed by atoms with van der Waals surface area (Å²) in [5.41, 5.74) is 0.0889. The van der Waals surface area contributed by atoms with Gasteiger partial charge in [0.05, 0.1) is 11.3 Å². The first-order valence-corrected chi connectivity index (χ1v) is 10.3. The van der Waals surface area contributed by atoms with Crippen molar-refractivity contribution in [3.8, 4) is 0 Å². The maximum absolute atomic E-state index is 11.9. The van der Waals surface area contributed by atoms with E-state index in [2.05, 4.69) is 0 Å². The Hall–Kier alpha value is -0.910. The third-order valence-electron chi connectivity index (χ3n) is 3.10. The maximum Gasteiger partial charge on any atom is 0.375 e. The topological polar surface area (TPSA) is 112 Å². The van der Waals surface area contributed by atoms with Gasteiger partial charge in [-0.15, -0.1) is 0 Å². The van der Waals surface area contributed by atoms with Crippen LogP contribution in [0.25, 0.3) is 0 Å². The molecular weight excluding hydrogens is 339 g/mol. The van der Waals surface area contributed by atoms with E-state index in [1.807, 2.05) is 0 Å². The largest absolute Gasteiger partial charge is 0.481 e. The van der Waals surface area contributed by atoms with Crippen molar-refractivity contribution in [2.75, 3.05) is 17.7 Å². The molecule has 0 bridgehead atoms. The fourth-order valence-electron chi connectivity index (χ4n) is 1.77. The Bertz CT molecular complexity index is 436. The molecule has 2 unspecified atom stereocenters. The summed E-state index contributed by atoms with van der Waals surface area (Å²) in [6, 6.07) is 0. The Kier molecular flexibility index (Phi) is 12.0. The van der Waals surface area contributed by atoms with E-state index in [1.165, 1.54) is 11.8 Å². The van der Waals surface area contributed by atoms with Gasteiger partial charge in [0.1, 0.15) is 0 Å². The lowest BCUT2D eigenvalue weighted by Crippen LogP contribution is -2.13. The van der Waals surface area contributed by atoms with Crippen LogP contribution >= 0.6 is 19.6 Å². The van der Waals surface area contributed by atoms with Crippen molar-refractivity contribution in [3.63, 3.8) is 0 Å². The van der Waals surface area contributed by atoms with Gasteiger partial charge in [-0.05, 0) is 25.0 Å². The number of rotatable bonds is 13. The number of allylic oxidation sites excluding steroid dienone is 1. The van der Waals surface area contributed by atoms with Crippen LogP contribution in [0.2, 0.25) is 0 Å². The second-order valence-corrected chi connectivity index (χ2v) is 8.35. The number of aliphatic carboxylic acids is 2. The predicted octanol–water partition coefficient (Wildman–Crippen LogP) is 3.18. The van der Waals surface area contributed by atoms with Crippen molar-refractivity contribution >= 4 is 31.5 Å². The summed E-state index contributed by atoms with van der Waals surface area (Å²) in [7, 11) is -1.99. The smallest absolute Gasteiger partial charge is 0.375 e. The molecular formula is C15H26O6PS+. The quantitative estimate of drug-likeness (QED) is 0.261. The van der Waals surface area contributed by atoms with Crippen molar-refractivity contribution in [1.29, 1.82) is 0 Å². The molecule has 0 aliphatic rings. The number of aliphatic hydroxyl groups is 1. The molecule has 0 rings (SSSR count). The van der Waals surface area contributed by atoms with Crippen LogP contribution in [0.3, 0.4) is 0 Å². The lowest BCUT2D eigenvalue weighted by Gasteiger charge is -2.04. The van der Waals surface area contributed by atoms with E-state index in [-0.39, 0.29) is 23.4 Å². The van der Waals surface area contributed by atoms with Gasteiger partial charge in [-0.1, -0.05) is 30.9 Å². The molecule has 0 saturated heterocycles. The molecule has 0 aliphatic heterocycles. The summed E-state index contributed by atoms with van der Waals surface area (Å²) in [5, 5.41) is 27.3. The first kappa shape index (κ1) is 22.1. The van der Waals surface area contributed by atoms with Crippen molar-refractivity contribution < 1.29 is 29.5 Å². The Morgan fingerprint density at radius 1 is 1.17 bits per heavy atom. The number of thioether (sulfide) groups is 1. The Labute approximate surface area is 142 Å². The minimum absolute atomic E-state index is 0.0889. The molecule has 23 heavy (non-hydrogen) atoms. The number of aliphatic hydroxyl groups excluding tert-OH is 1. The molecule has 0 heterocycles. The Balaban J connectivity index is 4.11. The SMILES string of the molecule is CC(C)C(O)[P+](=O)C/C(=C\CCCCCSCC(=O)O)C(=O)O. The summed E-state index contributed by atoms with van der Waals surface area (Å²) in [4.78, 5) is 21.5. The number of hydrogen-bond acceptors (Lipinski definition) is 5. The van der Waals surface area contributed by atoms with Gasteiger partial charge in [-0.3, -0.25) is 4.79 Å². The summed E-state index contributed by atoms with van der Waals surface area (Å²) >= 11 is 1.37. The summed E-state index contributed by atoms with van der Waals surface area (Å²) in [5.74, 6) is -2.19. The van der Waals surface area contributed by atoms with Crippen LogP contribution in [0.4, 0.5) is 0 Å². The van der Waals surface area contributed by atoms with Crippen LogP contribution in [0, 0.1) is 5.92 Å². The van der Waals surface area contributed by atoms with Gasteiger partial charge in [0.25, 0.3) is 5.85 Å². The highest BCUT2D eigenvalue weighted by Crippen LogP contribution is 2.33. The predicted molar refractivity (Wildman–Crippen MR) is 92.5 cm³/mol. The molecule has 0 fully saturated rings. The molecule has 0 saturated carbocycles. The number of carboxylic acid groups (broad SMARTS) is 2. The Morgan fingerprint density at radius 2 is 1.83 bits per heavy atom. The maximum atomic E-state index is 11.9. The highest BCUT2D eigenvalue weighted by molar-refractivity contribution is 7.99. The second kappa shape index (κ2) is 12.5. The first-order chi connectivity index (χ1) is 10.8. The lowest BCUT2D eigenvalue weighted by atomic mass is 10.1. The van der Waals surface area contributed by atoms with Crippen molar-refractivity contribution in [2.24, 2.45) is 5.92 Å². The molecule has 2 atom stereocenters. The van der Waals surface area contributed by atoms with E-state index >= 15 is 0 Å². The molecule has 0 aliphatic carbocycles. The zero-order chi connectivity index (χ0) is 17.8. The van der Waals surface area contributed by atoms with Crippen molar-refractivity contribution in [1.82, 2.24) is 0 Å². The molecule has 0 radical (unpaired) electrons. The van der Waals surface area contributed by atoms with Gasteiger partial charge in [0.15, 0.2) is 6.16 Å². The summed E-state index contributed by atoms with van der Waals surface area (Å²) in [6.07, 6.45) is 4.61. The van der Waals surface area contributed by atoms with Crippen LogP contribution in [-0.4, -0.2) is 50.8 Å². The molecule has 132 valence electrons. The monoisotopic (exact) mass is 365 g/mol. The van der Waals surface area contributed by atoms with Gasteiger partial charge in [-0.2, -0.15) is 11.8 Å². The van der Waals surface area contributed by atoms with Gasteiger partial charge in [0.2, 0.25) is 0 Å². The van der Waals surface area contributed by atoms with E-state index in [1.54, 1.807) is 19.9 Å². The zero-order valence-corrected chi connectivity index (χ0v) is 15.3. The number of carboxylic acids is 2. The van der Waals surface area contributed by atoms with E-state index in [0.717, 1.165) is 25.0 Å². The molecule has 0 spiro atoms. The fraction of sp³-hybridized carbons (Fsp3) is 0.733. The van der Waals surface area contributed by atoms with Crippen LogP contribution in [0.15, 0.2) is 11.6 Å². The van der Waals surface area contributed by atoms with Gasteiger partial charge < -0.3 is 15.3 Å². The number of hydrogen-bond donors (Lipinski definition) is 3. The second-order valence-electron chi connectivity index (χ2n) is 5.56. The van der Waals surface area contributed by atoms with E-state index in [9.17, 15) is 19.3 Å². The molecule has 3 N–H and O–H groups in total. The summed E-state index contributed by atoms with van der Waals surface area (Å²) in [6.45, 7) is 3.48. The third kappa shape index (κ3) is 11.3. The van der Waals surface area contributed by atoms with Crippen LogP contribution in [0.5, 0.6) is 0 Å². The third-order valence-corrected chi connectivity index (χ3v) is 5.97. The molecule has 6 nitrogen and oxygen atoms in total. The van der Waals surface area contributed by atoms with Gasteiger partial charge in [0, 0.05) is 5.92 Å². The zero-order valence-electron chi connectivity index (χ0n) is 13.6.